The van der Waals surface area contributed by atoms with Gasteiger partial charge in [-0.15, -0.1) is 6.58 Å². The Morgan fingerprint density at radius 3 is 1.65 bits per heavy atom. The van der Waals surface area contributed by atoms with Gasteiger partial charge in [0.05, 0.1) is 0 Å². The van der Waals surface area contributed by atoms with Crippen LogP contribution in [0.15, 0.2) is 109 Å². The third-order valence-corrected chi connectivity index (χ3v) is 8.52. The summed E-state index contributed by atoms with van der Waals surface area (Å²) >= 11 is 0. The van der Waals surface area contributed by atoms with Crippen LogP contribution in [0.3, 0.4) is 0 Å². The van der Waals surface area contributed by atoms with Crippen LogP contribution in [0, 0.1) is 18.3 Å². The highest BCUT2D eigenvalue weighted by Gasteiger charge is 2.20. The molecule has 1 aliphatic rings. The van der Waals surface area contributed by atoms with Crippen molar-refractivity contribution in [3.8, 4) is 22.6 Å². The lowest BCUT2D eigenvalue weighted by atomic mass is 9.81. The molecule has 0 spiro atoms. The Morgan fingerprint density at radius 1 is 0.815 bits per heavy atom. The van der Waals surface area contributed by atoms with Gasteiger partial charge in [-0.1, -0.05) is 140 Å². The Hall–Kier alpha value is -4.02. The highest BCUT2D eigenvalue weighted by molar-refractivity contribution is 5.75. The Kier molecular flexibility index (Phi) is 30.2. The normalized spacial score (nSPS) is 13.3. The number of aryl methyl sites for hydroxylation is 1. The van der Waals surface area contributed by atoms with E-state index < -0.39 is 0 Å². The van der Waals surface area contributed by atoms with E-state index in [4.69, 9.17) is 9.53 Å². The monoisotopic (exact) mass is 740 g/mol. The van der Waals surface area contributed by atoms with Crippen molar-refractivity contribution in [2.24, 2.45) is 11.3 Å². The largest absolute Gasteiger partial charge is 0.457 e. The van der Waals surface area contributed by atoms with Gasteiger partial charge in [-0.3, -0.25) is 4.90 Å². The molecule has 4 rings (SSSR count). The molecule has 4 heteroatoms. The number of nitrogens with zero attached hydrogens (tertiary/aromatic N) is 1. The van der Waals surface area contributed by atoms with Crippen LogP contribution in [0.2, 0.25) is 0 Å². The van der Waals surface area contributed by atoms with Gasteiger partial charge in [0.15, 0.2) is 0 Å². The summed E-state index contributed by atoms with van der Waals surface area (Å²) in [6, 6.07) is 25.4. The lowest BCUT2D eigenvalue weighted by molar-refractivity contribution is -0.117. The van der Waals surface area contributed by atoms with Crippen molar-refractivity contribution in [1.82, 2.24) is 4.90 Å². The summed E-state index contributed by atoms with van der Waals surface area (Å²) in [6.07, 6.45) is 12.9. The lowest BCUT2D eigenvalue weighted by Gasteiger charge is -2.25. The Morgan fingerprint density at radius 2 is 1.26 bits per heavy atom. The summed E-state index contributed by atoms with van der Waals surface area (Å²) in [5, 5.41) is 0. The van der Waals surface area contributed by atoms with E-state index >= 15 is 0 Å². The number of allylic oxidation sites excluding steroid dienone is 3. The van der Waals surface area contributed by atoms with Crippen molar-refractivity contribution in [2.45, 2.75) is 129 Å². The zero-order valence-corrected chi connectivity index (χ0v) is 36.9. The number of ketones is 1. The van der Waals surface area contributed by atoms with E-state index in [1.807, 2.05) is 65.8 Å². The smallest absolute Gasteiger partial charge is 0.129 e. The van der Waals surface area contributed by atoms with Crippen LogP contribution in [0.4, 0.5) is 0 Å². The highest BCUT2D eigenvalue weighted by atomic mass is 16.5. The minimum Gasteiger partial charge on any atom is -0.457 e. The number of aldehydes is 1. The highest BCUT2D eigenvalue weighted by Crippen LogP contribution is 2.31. The molecule has 1 unspecified atom stereocenters. The molecule has 0 amide bonds. The Bertz CT molecular complexity index is 1460. The van der Waals surface area contributed by atoms with E-state index in [0.717, 1.165) is 43.6 Å². The van der Waals surface area contributed by atoms with Gasteiger partial charge in [0.2, 0.25) is 0 Å². The summed E-state index contributed by atoms with van der Waals surface area (Å²) in [5.41, 5.74) is 7.63. The first kappa shape index (κ1) is 52.1. The number of hydrogen-bond acceptors (Lipinski definition) is 4. The second kappa shape index (κ2) is 31.3. The molecule has 0 bridgehead atoms. The van der Waals surface area contributed by atoms with Crippen molar-refractivity contribution in [3.63, 3.8) is 0 Å². The SMILES string of the molecule is C=CC(C)(/C=C(C)/C(=C\C)CN1CCCC1)Cc1ccc(-c2ccc(Oc3ccc(C)cc3)cc2)cc1.CC.CC.CC.CC(=O)CCC(C)C.CC=O. The predicted octanol–water partition coefficient (Wildman–Crippen LogP) is 14.5. The molecule has 0 aromatic heterocycles. The fourth-order valence-corrected chi connectivity index (χ4v) is 5.60. The summed E-state index contributed by atoms with van der Waals surface area (Å²) in [4.78, 5) is 21.7. The minimum atomic E-state index is -0.0974. The molecule has 0 radical (unpaired) electrons. The van der Waals surface area contributed by atoms with Crippen molar-refractivity contribution >= 4 is 12.1 Å². The van der Waals surface area contributed by atoms with Crippen LogP contribution in [-0.2, 0) is 16.0 Å². The number of carbonyl (C=O) groups is 2. The standard InChI is InChI=1S/C35H41NO.C7H14O.C2H4O.3C2H6/c1-6-30(26-36-22-8-9-23-36)28(4)24-35(5,7-2)25-29-12-14-31(15-13-29)32-16-20-34(21-17-32)37-33-18-10-27(3)11-19-33;1-6(2)4-5-7(3)8;1-2-3;3*1-2/h6-7,10-21,24H,2,8-9,22-23,25-26H2,1,3-5H3;6H,4-5H2,1-3H3;2H,1H3;3*1-2H3/b28-24+,30-6-;;;;;. The topological polar surface area (TPSA) is 46.6 Å². The summed E-state index contributed by atoms with van der Waals surface area (Å²) in [5.74, 6) is 2.67. The van der Waals surface area contributed by atoms with Gasteiger partial charge in [0.1, 0.15) is 23.6 Å². The molecule has 1 fully saturated rings. The summed E-state index contributed by atoms with van der Waals surface area (Å²) in [6.45, 7) is 35.8. The van der Waals surface area contributed by atoms with Crippen LogP contribution in [0.1, 0.15) is 127 Å². The van der Waals surface area contributed by atoms with Gasteiger partial charge in [-0.25, -0.2) is 0 Å². The van der Waals surface area contributed by atoms with E-state index in [2.05, 4.69) is 120 Å². The second-order valence-electron chi connectivity index (χ2n) is 13.5. The Balaban J connectivity index is 0. The zero-order valence-electron chi connectivity index (χ0n) is 36.9. The maximum atomic E-state index is 10.3. The van der Waals surface area contributed by atoms with Crippen LogP contribution in [0.25, 0.3) is 11.1 Å². The van der Waals surface area contributed by atoms with Gasteiger partial charge in [0.25, 0.3) is 0 Å². The third kappa shape index (κ3) is 22.3. The molecule has 0 N–H and O–H groups in total. The first-order valence-electron chi connectivity index (χ1n) is 20.5. The van der Waals surface area contributed by atoms with E-state index in [1.165, 1.54) is 66.3 Å². The van der Waals surface area contributed by atoms with Gasteiger partial charge in [0, 0.05) is 18.4 Å². The molecule has 1 atom stereocenters. The number of benzene rings is 3. The minimum absolute atomic E-state index is 0.0974. The molecule has 1 saturated heterocycles. The average Bonchev–Trinajstić information content (AvgIpc) is 3.71. The maximum absolute atomic E-state index is 10.3. The number of hydrogen-bond donors (Lipinski definition) is 0. The van der Waals surface area contributed by atoms with Crippen LogP contribution in [-0.4, -0.2) is 36.6 Å². The number of Topliss-reactive ketones (excluding diaryl/α,β-unsaturated/α-hetero) is 1. The maximum Gasteiger partial charge on any atom is 0.129 e. The molecule has 3 aromatic rings. The van der Waals surface area contributed by atoms with E-state index in [1.54, 1.807) is 6.92 Å². The first-order chi connectivity index (χ1) is 25.9. The molecule has 1 heterocycles. The molecular formula is C50H77NO3. The number of ether oxygens (including phenoxy) is 1. The van der Waals surface area contributed by atoms with Gasteiger partial charge < -0.3 is 14.3 Å². The molecule has 3 aromatic carbocycles. The molecule has 4 nitrogen and oxygen atoms in total. The van der Waals surface area contributed by atoms with Crippen molar-refractivity contribution in [1.29, 1.82) is 0 Å². The van der Waals surface area contributed by atoms with E-state index in [9.17, 15) is 4.79 Å². The summed E-state index contributed by atoms with van der Waals surface area (Å²) in [7, 11) is 0. The van der Waals surface area contributed by atoms with E-state index in [-0.39, 0.29) is 5.41 Å². The van der Waals surface area contributed by atoms with Crippen molar-refractivity contribution < 1.29 is 14.3 Å². The molecule has 0 saturated carbocycles. The molecule has 300 valence electrons. The van der Waals surface area contributed by atoms with Gasteiger partial charge in [-0.2, -0.15) is 0 Å². The fraction of sp³-hybridized carbons (Fsp3) is 0.480. The van der Waals surface area contributed by atoms with Crippen molar-refractivity contribution in [2.75, 3.05) is 19.6 Å². The molecular weight excluding hydrogens is 663 g/mol. The summed E-state index contributed by atoms with van der Waals surface area (Å²) < 4.78 is 5.98. The molecule has 1 aliphatic heterocycles. The third-order valence-electron chi connectivity index (χ3n) is 8.52. The second-order valence-corrected chi connectivity index (χ2v) is 13.5. The first-order valence-corrected chi connectivity index (χ1v) is 20.5. The van der Waals surface area contributed by atoms with Crippen LogP contribution in [0.5, 0.6) is 11.5 Å². The quantitative estimate of drug-likeness (QED) is 0.0995. The zero-order chi connectivity index (χ0) is 41.5. The number of likely N-dealkylation sites (tertiary alicyclic amines) is 1. The van der Waals surface area contributed by atoms with Crippen molar-refractivity contribution in [3.05, 3.63) is 120 Å². The van der Waals surface area contributed by atoms with Crippen LogP contribution < -0.4 is 4.74 Å². The Labute approximate surface area is 332 Å². The average molecular weight is 740 g/mol. The number of carbonyl (C=O) groups excluding carboxylic acids is 2. The fourth-order valence-electron chi connectivity index (χ4n) is 5.60. The van der Waals surface area contributed by atoms with Gasteiger partial charge >= 0.3 is 0 Å². The number of rotatable bonds is 13. The molecule has 54 heavy (non-hydrogen) atoms. The van der Waals surface area contributed by atoms with Crippen LogP contribution >= 0.6 is 0 Å². The molecule has 0 aliphatic carbocycles. The lowest BCUT2D eigenvalue weighted by Crippen LogP contribution is -2.23. The van der Waals surface area contributed by atoms with E-state index in [0.29, 0.717) is 11.7 Å². The van der Waals surface area contributed by atoms with Gasteiger partial charge in [-0.05, 0) is 126 Å². The predicted molar refractivity (Wildman–Crippen MR) is 239 cm³/mol.